The van der Waals surface area contributed by atoms with Crippen LogP contribution < -0.4 is 0 Å². The Hall–Kier alpha value is -1.38. The smallest absolute Gasteiger partial charge is 0.170 e. The van der Waals surface area contributed by atoms with Crippen LogP contribution in [0, 0.1) is 6.54 Å². The number of aromatic nitrogens is 1. The van der Waals surface area contributed by atoms with Crippen molar-refractivity contribution in [1.29, 1.82) is 0 Å². The van der Waals surface area contributed by atoms with Gasteiger partial charge in [0.25, 0.3) is 0 Å². The van der Waals surface area contributed by atoms with Crippen LogP contribution in [0.4, 0.5) is 0 Å². The summed E-state index contributed by atoms with van der Waals surface area (Å²) < 4.78 is 5.16. The fourth-order valence-corrected chi connectivity index (χ4v) is 0.967. The van der Waals surface area contributed by atoms with Crippen molar-refractivity contribution in [2.45, 2.75) is 6.10 Å². The number of hydrogen-bond donors (Lipinski definition) is 0. The average molecular weight is 147 g/mol. The molecule has 0 saturated carbocycles. The molecule has 2 rings (SSSR count). The molecule has 11 heavy (non-hydrogen) atoms. The lowest BCUT2D eigenvalue weighted by Crippen LogP contribution is -1.96. The van der Waals surface area contributed by atoms with Crippen LogP contribution in [0.25, 0.3) is 0 Å². The molecule has 1 atom stereocenters. The molecular weight excluding hydrogens is 140 g/mol. The number of ether oxygens (including phenoxy) is 1. The highest BCUT2D eigenvalue weighted by atomic mass is 16.5. The minimum atomic E-state index is -0.0157. The van der Waals surface area contributed by atoms with Crippen LogP contribution in [0.1, 0.15) is 11.7 Å². The highest BCUT2D eigenvalue weighted by molar-refractivity contribution is 5.51. The first-order valence-corrected chi connectivity index (χ1v) is 3.37. The van der Waals surface area contributed by atoms with E-state index in [0.717, 1.165) is 5.56 Å². The number of rotatable bonds is 1. The Morgan fingerprint density at radius 3 is 2.73 bits per heavy atom. The lowest BCUT2D eigenvalue weighted by molar-refractivity contribution is 0.259. The van der Waals surface area contributed by atoms with E-state index in [1.54, 1.807) is 18.9 Å². The molecule has 0 amide bonds. The van der Waals surface area contributed by atoms with Gasteiger partial charge >= 0.3 is 0 Å². The Kier molecular flexibility index (Phi) is 1.55. The molecule has 1 radical (unpaired) electrons. The quantitative estimate of drug-likeness (QED) is 0.600. The van der Waals surface area contributed by atoms with Gasteiger partial charge < -0.3 is 4.74 Å². The predicted molar refractivity (Wildman–Crippen MR) is 40.9 cm³/mol. The number of pyridine rings is 1. The monoisotopic (exact) mass is 147 g/mol. The van der Waals surface area contributed by atoms with Crippen LogP contribution >= 0.6 is 0 Å². The minimum Gasteiger partial charge on any atom is -0.473 e. The van der Waals surface area contributed by atoms with Gasteiger partial charge in [0.15, 0.2) is 6.40 Å². The summed E-state index contributed by atoms with van der Waals surface area (Å²) in [5, 5.41) is 0. The Morgan fingerprint density at radius 2 is 2.09 bits per heavy atom. The largest absolute Gasteiger partial charge is 0.473 e. The second kappa shape index (κ2) is 2.70. The molecule has 0 aliphatic carbocycles. The van der Waals surface area contributed by atoms with Gasteiger partial charge in [-0.2, -0.15) is 0 Å². The van der Waals surface area contributed by atoms with E-state index in [9.17, 15) is 0 Å². The Bertz CT molecular complexity index is 250. The van der Waals surface area contributed by atoms with Gasteiger partial charge in [0.1, 0.15) is 12.6 Å². The first-order valence-electron chi connectivity index (χ1n) is 3.37. The van der Waals surface area contributed by atoms with Gasteiger partial charge in [0.05, 0.1) is 0 Å². The summed E-state index contributed by atoms with van der Waals surface area (Å²) in [7, 11) is 0. The maximum absolute atomic E-state index is 5.16. The van der Waals surface area contributed by atoms with Crippen molar-refractivity contribution >= 4 is 6.40 Å². The van der Waals surface area contributed by atoms with Gasteiger partial charge in [-0.05, 0) is 17.7 Å². The van der Waals surface area contributed by atoms with Crippen LogP contribution in [-0.4, -0.2) is 11.4 Å². The molecule has 1 aromatic heterocycles. The summed E-state index contributed by atoms with van der Waals surface area (Å²) in [4.78, 5) is 7.76. The van der Waals surface area contributed by atoms with E-state index in [4.69, 9.17) is 4.74 Å². The van der Waals surface area contributed by atoms with Crippen molar-refractivity contribution in [3.8, 4) is 0 Å². The SMILES string of the molecule is [CH]1N=COC1c1ccncc1. The summed E-state index contributed by atoms with van der Waals surface area (Å²) in [6.07, 6.45) is 4.92. The fourth-order valence-electron chi connectivity index (χ4n) is 0.967. The molecule has 3 nitrogen and oxygen atoms in total. The van der Waals surface area contributed by atoms with Crippen LogP contribution in [0.15, 0.2) is 29.5 Å². The maximum Gasteiger partial charge on any atom is 0.170 e. The molecule has 0 aromatic carbocycles. The van der Waals surface area contributed by atoms with Crippen LogP contribution in [0.5, 0.6) is 0 Å². The Morgan fingerprint density at radius 1 is 1.27 bits per heavy atom. The van der Waals surface area contributed by atoms with Crippen molar-refractivity contribution in [3.63, 3.8) is 0 Å². The van der Waals surface area contributed by atoms with Gasteiger partial charge in [0, 0.05) is 12.4 Å². The first kappa shape index (κ1) is 6.34. The molecule has 1 aliphatic rings. The predicted octanol–water partition coefficient (Wildman–Crippen LogP) is 1.34. The average Bonchev–Trinajstić information content (AvgIpc) is 2.58. The summed E-state index contributed by atoms with van der Waals surface area (Å²) >= 11 is 0. The fraction of sp³-hybridized carbons (Fsp3) is 0.125. The molecule has 1 aliphatic heterocycles. The van der Waals surface area contributed by atoms with Gasteiger partial charge in [-0.1, -0.05) is 0 Å². The van der Waals surface area contributed by atoms with Gasteiger partial charge in [-0.25, -0.2) is 4.99 Å². The number of nitrogens with zero attached hydrogens (tertiary/aromatic N) is 2. The van der Waals surface area contributed by atoms with E-state index in [-0.39, 0.29) is 6.10 Å². The Balaban J connectivity index is 2.17. The highest BCUT2D eigenvalue weighted by Gasteiger charge is 2.14. The van der Waals surface area contributed by atoms with Gasteiger partial charge in [-0.15, -0.1) is 0 Å². The summed E-state index contributed by atoms with van der Waals surface area (Å²) in [6, 6.07) is 3.83. The van der Waals surface area contributed by atoms with E-state index in [1.165, 1.54) is 6.40 Å². The van der Waals surface area contributed by atoms with E-state index < -0.39 is 0 Å². The third-order valence-electron chi connectivity index (χ3n) is 1.52. The molecule has 0 fully saturated rings. The highest BCUT2D eigenvalue weighted by Crippen LogP contribution is 2.22. The first-order chi connectivity index (χ1) is 5.47. The van der Waals surface area contributed by atoms with Crippen molar-refractivity contribution in [3.05, 3.63) is 36.6 Å². The number of hydrogen-bond acceptors (Lipinski definition) is 3. The molecule has 2 heterocycles. The topological polar surface area (TPSA) is 34.5 Å². The minimum absolute atomic E-state index is 0.0157. The third-order valence-corrected chi connectivity index (χ3v) is 1.52. The van der Waals surface area contributed by atoms with E-state index >= 15 is 0 Å². The second-order valence-electron chi connectivity index (χ2n) is 2.24. The summed E-state index contributed by atoms with van der Waals surface area (Å²) in [6.45, 7) is 1.76. The van der Waals surface area contributed by atoms with E-state index in [1.807, 2.05) is 12.1 Å². The van der Waals surface area contributed by atoms with E-state index in [0.29, 0.717) is 0 Å². The lowest BCUT2D eigenvalue weighted by Gasteiger charge is -2.06. The van der Waals surface area contributed by atoms with Crippen molar-refractivity contribution in [2.24, 2.45) is 4.99 Å². The standard InChI is InChI=1S/C8H7N2O/c1-3-9-4-2-7(1)8-5-10-6-11-8/h1-6,8H. The molecule has 1 unspecified atom stereocenters. The molecule has 0 N–H and O–H groups in total. The van der Waals surface area contributed by atoms with Crippen molar-refractivity contribution in [1.82, 2.24) is 4.98 Å². The van der Waals surface area contributed by atoms with Gasteiger partial charge in [-0.3, -0.25) is 4.98 Å². The lowest BCUT2D eigenvalue weighted by atomic mass is 10.1. The molecule has 0 saturated heterocycles. The van der Waals surface area contributed by atoms with E-state index in [2.05, 4.69) is 9.98 Å². The van der Waals surface area contributed by atoms with Crippen LogP contribution in [0.3, 0.4) is 0 Å². The zero-order valence-corrected chi connectivity index (χ0v) is 5.84. The molecule has 55 valence electrons. The van der Waals surface area contributed by atoms with Crippen molar-refractivity contribution < 1.29 is 4.74 Å². The zero-order chi connectivity index (χ0) is 7.52. The summed E-state index contributed by atoms with van der Waals surface area (Å²) in [5.74, 6) is 0. The zero-order valence-electron chi connectivity index (χ0n) is 5.84. The second-order valence-corrected chi connectivity index (χ2v) is 2.24. The molecule has 3 heteroatoms. The summed E-state index contributed by atoms with van der Waals surface area (Å²) in [5.41, 5.74) is 1.08. The molecule has 0 spiro atoms. The molecule has 1 aromatic rings. The molecule has 0 bridgehead atoms. The Labute approximate surface area is 64.7 Å². The normalized spacial score (nSPS) is 21.6. The van der Waals surface area contributed by atoms with Crippen LogP contribution in [-0.2, 0) is 4.74 Å². The van der Waals surface area contributed by atoms with Gasteiger partial charge in [0.2, 0.25) is 0 Å². The maximum atomic E-state index is 5.16. The van der Waals surface area contributed by atoms with Crippen molar-refractivity contribution in [2.75, 3.05) is 0 Å². The number of aliphatic imine (C=N–C) groups is 1. The van der Waals surface area contributed by atoms with Crippen LogP contribution in [0.2, 0.25) is 0 Å². The third kappa shape index (κ3) is 1.22. The molecular formula is C8H7N2O.